The molecular weight excluding hydrogens is 542 g/mol. The summed E-state index contributed by atoms with van der Waals surface area (Å²) in [6.45, 7) is 3.93. The van der Waals surface area contributed by atoms with E-state index in [-0.39, 0.29) is 18.4 Å². The topological polar surface area (TPSA) is 98.2 Å². The van der Waals surface area contributed by atoms with Gasteiger partial charge >= 0.3 is 0 Å². The molecule has 0 atom stereocenters. The normalized spacial score (nSPS) is 11.0. The molecule has 210 valence electrons. The van der Waals surface area contributed by atoms with Crippen LogP contribution in [0.4, 0.5) is 5.69 Å². The average molecular weight is 572 g/mol. The predicted octanol–water partition coefficient (Wildman–Crippen LogP) is 6.41. The first-order chi connectivity index (χ1) is 19.8. The number of methoxy groups -OCH3 is 1. The molecule has 0 aliphatic carbocycles. The van der Waals surface area contributed by atoms with Crippen molar-refractivity contribution in [1.82, 2.24) is 5.43 Å². The lowest BCUT2D eigenvalue weighted by Crippen LogP contribution is -2.21. The summed E-state index contributed by atoms with van der Waals surface area (Å²) >= 11 is 5.94. The number of rotatable bonds is 11. The van der Waals surface area contributed by atoms with Gasteiger partial charge in [-0.05, 0) is 85.6 Å². The molecule has 0 spiro atoms. The molecule has 4 aromatic rings. The Labute approximate surface area is 243 Å². The Kier molecular flexibility index (Phi) is 9.96. The van der Waals surface area contributed by atoms with E-state index in [1.165, 1.54) is 0 Å². The van der Waals surface area contributed by atoms with Crippen LogP contribution in [0.5, 0.6) is 17.2 Å². The van der Waals surface area contributed by atoms with Crippen LogP contribution in [0.25, 0.3) is 0 Å². The molecule has 0 aliphatic rings. The summed E-state index contributed by atoms with van der Waals surface area (Å²) in [6.07, 6.45) is 0. The molecule has 0 bridgehead atoms. The highest BCUT2D eigenvalue weighted by atomic mass is 35.5. The van der Waals surface area contributed by atoms with Gasteiger partial charge in [0.25, 0.3) is 11.8 Å². The van der Waals surface area contributed by atoms with E-state index in [1.807, 2.05) is 61.5 Å². The molecule has 0 unspecified atom stereocenters. The minimum absolute atomic E-state index is 0.124. The summed E-state index contributed by atoms with van der Waals surface area (Å²) in [4.78, 5) is 24.9. The Morgan fingerprint density at radius 3 is 2.24 bits per heavy atom. The number of amides is 2. The maximum atomic E-state index is 12.6. The smallest absolute Gasteiger partial charge is 0.271 e. The zero-order chi connectivity index (χ0) is 29.2. The van der Waals surface area contributed by atoms with Gasteiger partial charge in [0, 0.05) is 21.8 Å². The highest BCUT2D eigenvalue weighted by molar-refractivity contribution is 6.30. The third-order valence-corrected chi connectivity index (χ3v) is 6.35. The second-order valence-electron chi connectivity index (χ2n) is 9.10. The van der Waals surface area contributed by atoms with E-state index in [0.29, 0.717) is 45.8 Å². The molecular formula is C32H30ClN3O5. The molecule has 4 rings (SSSR count). The van der Waals surface area contributed by atoms with Gasteiger partial charge in [0.2, 0.25) is 0 Å². The number of carbonyl (C=O) groups is 2. The van der Waals surface area contributed by atoms with E-state index in [2.05, 4.69) is 15.8 Å². The van der Waals surface area contributed by atoms with Crippen molar-refractivity contribution >= 4 is 34.8 Å². The second-order valence-corrected chi connectivity index (χ2v) is 9.54. The number of para-hydroxylation sites is 1. The third kappa shape index (κ3) is 8.33. The summed E-state index contributed by atoms with van der Waals surface area (Å²) in [5, 5.41) is 7.65. The molecule has 41 heavy (non-hydrogen) atoms. The number of nitrogens with zero attached hydrogens (tertiary/aromatic N) is 1. The minimum Gasteiger partial charge on any atom is -0.493 e. The molecule has 0 saturated carbocycles. The highest BCUT2D eigenvalue weighted by Crippen LogP contribution is 2.29. The monoisotopic (exact) mass is 571 g/mol. The van der Waals surface area contributed by atoms with Crippen molar-refractivity contribution in [2.75, 3.05) is 19.0 Å². The molecule has 0 aliphatic heterocycles. The van der Waals surface area contributed by atoms with Crippen molar-refractivity contribution in [3.63, 3.8) is 0 Å². The fraction of sp³-hybridized carbons (Fsp3) is 0.156. The van der Waals surface area contributed by atoms with Crippen LogP contribution in [0.1, 0.15) is 34.0 Å². The SMILES string of the molecule is COc1cc(/C(C)=N\NC(=O)c2ccc(NC(=O)COc3ccccc3C)cc2)ccc1OCc1ccc(Cl)cc1. The second kappa shape index (κ2) is 14.0. The molecule has 0 aromatic heterocycles. The molecule has 8 nitrogen and oxygen atoms in total. The Hall–Kier alpha value is -4.82. The van der Waals surface area contributed by atoms with Crippen LogP contribution in [0.3, 0.4) is 0 Å². The van der Waals surface area contributed by atoms with E-state index in [9.17, 15) is 9.59 Å². The van der Waals surface area contributed by atoms with Crippen molar-refractivity contribution in [1.29, 1.82) is 0 Å². The van der Waals surface area contributed by atoms with Crippen LogP contribution in [0.15, 0.2) is 96.1 Å². The zero-order valence-electron chi connectivity index (χ0n) is 22.9. The van der Waals surface area contributed by atoms with Crippen molar-refractivity contribution in [3.05, 3.63) is 118 Å². The molecule has 0 radical (unpaired) electrons. The molecule has 0 heterocycles. The lowest BCUT2D eigenvalue weighted by atomic mass is 10.1. The fourth-order valence-corrected chi connectivity index (χ4v) is 3.91. The number of anilines is 1. The third-order valence-electron chi connectivity index (χ3n) is 6.10. The first kappa shape index (κ1) is 29.2. The van der Waals surface area contributed by atoms with Gasteiger partial charge in [-0.3, -0.25) is 9.59 Å². The van der Waals surface area contributed by atoms with Crippen LogP contribution in [0, 0.1) is 6.92 Å². The van der Waals surface area contributed by atoms with Crippen LogP contribution in [-0.2, 0) is 11.4 Å². The van der Waals surface area contributed by atoms with E-state index in [1.54, 1.807) is 50.4 Å². The lowest BCUT2D eigenvalue weighted by Gasteiger charge is -2.12. The summed E-state index contributed by atoms with van der Waals surface area (Å²) in [6, 6.07) is 26.8. The van der Waals surface area contributed by atoms with Crippen LogP contribution >= 0.6 is 11.6 Å². The zero-order valence-corrected chi connectivity index (χ0v) is 23.7. The van der Waals surface area contributed by atoms with Gasteiger partial charge in [-0.15, -0.1) is 0 Å². The standard InChI is InChI=1S/C32H30ClN3O5/c1-21-6-4-5-7-28(21)41-20-31(37)34-27-15-10-24(11-16-27)32(38)36-35-22(2)25-12-17-29(30(18-25)39-3)40-19-23-8-13-26(33)14-9-23/h4-18H,19-20H2,1-3H3,(H,34,37)(H,36,38)/b35-22-. The quantitative estimate of drug-likeness (QED) is 0.160. The predicted molar refractivity (Wildman–Crippen MR) is 160 cm³/mol. The Morgan fingerprint density at radius 2 is 1.54 bits per heavy atom. The molecule has 2 amide bonds. The summed E-state index contributed by atoms with van der Waals surface area (Å²) < 4.78 is 17.0. The van der Waals surface area contributed by atoms with Crippen LogP contribution < -0.4 is 25.0 Å². The molecule has 0 saturated heterocycles. The van der Waals surface area contributed by atoms with Crippen LogP contribution in [0.2, 0.25) is 5.02 Å². The summed E-state index contributed by atoms with van der Waals surface area (Å²) in [7, 11) is 1.56. The van der Waals surface area contributed by atoms with E-state index < -0.39 is 0 Å². The Bertz CT molecular complexity index is 1540. The lowest BCUT2D eigenvalue weighted by molar-refractivity contribution is -0.118. The number of hydrazone groups is 1. The van der Waals surface area contributed by atoms with Gasteiger partial charge < -0.3 is 19.5 Å². The maximum absolute atomic E-state index is 12.6. The van der Waals surface area contributed by atoms with Crippen molar-refractivity contribution in [3.8, 4) is 17.2 Å². The number of hydrogen-bond acceptors (Lipinski definition) is 6. The number of carbonyl (C=O) groups excluding carboxylic acids is 2. The minimum atomic E-state index is -0.389. The highest BCUT2D eigenvalue weighted by Gasteiger charge is 2.11. The molecule has 4 aromatic carbocycles. The van der Waals surface area contributed by atoms with Gasteiger partial charge in [-0.1, -0.05) is 41.9 Å². The maximum Gasteiger partial charge on any atom is 0.271 e. The molecule has 2 N–H and O–H groups in total. The average Bonchev–Trinajstić information content (AvgIpc) is 2.99. The number of halogens is 1. The number of ether oxygens (including phenoxy) is 3. The Balaban J connectivity index is 1.30. The van der Waals surface area contributed by atoms with Crippen molar-refractivity contribution < 1.29 is 23.8 Å². The Morgan fingerprint density at radius 1 is 0.829 bits per heavy atom. The molecule has 9 heteroatoms. The van der Waals surface area contributed by atoms with Gasteiger partial charge in [-0.2, -0.15) is 5.10 Å². The van der Waals surface area contributed by atoms with E-state index in [0.717, 1.165) is 16.7 Å². The molecule has 0 fully saturated rings. The van der Waals surface area contributed by atoms with Gasteiger partial charge in [0.1, 0.15) is 12.4 Å². The van der Waals surface area contributed by atoms with E-state index in [4.69, 9.17) is 25.8 Å². The van der Waals surface area contributed by atoms with Gasteiger partial charge in [0.05, 0.1) is 12.8 Å². The fourth-order valence-electron chi connectivity index (χ4n) is 3.78. The van der Waals surface area contributed by atoms with Gasteiger partial charge in [-0.25, -0.2) is 5.43 Å². The van der Waals surface area contributed by atoms with E-state index >= 15 is 0 Å². The number of aryl methyl sites for hydroxylation is 1. The summed E-state index contributed by atoms with van der Waals surface area (Å²) in [5.41, 5.74) is 6.76. The van der Waals surface area contributed by atoms with Crippen molar-refractivity contribution in [2.45, 2.75) is 20.5 Å². The number of benzene rings is 4. The van der Waals surface area contributed by atoms with Crippen LogP contribution in [-0.4, -0.2) is 31.2 Å². The van der Waals surface area contributed by atoms with Crippen molar-refractivity contribution in [2.24, 2.45) is 5.10 Å². The first-order valence-corrected chi connectivity index (χ1v) is 13.2. The largest absolute Gasteiger partial charge is 0.493 e. The number of nitrogens with one attached hydrogen (secondary N) is 2. The van der Waals surface area contributed by atoms with Gasteiger partial charge in [0.15, 0.2) is 18.1 Å². The first-order valence-electron chi connectivity index (χ1n) is 12.8. The summed E-state index contributed by atoms with van der Waals surface area (Å²) in [5.74, 6) is 1.08. The number of hydrogen-bond donors (Lipinski definition) is 2.